The zero-order valence-corrected chi connectivity index (χ0v) is 19.4. The van der Waals surface area contributed by atoms with Gasteiger partial charge >= 0.3 is 5.97 Å². The number of ether oxygens (including phenoxy) is 2. The molecule has 1 aliphatic carbocycles. The van der Waals surface area contributed by atoms with Crippen molar-refractivity contribution in [1.82, 2.24) is 9.30 Å². The molecular formula is C26H32N2O4. The fourth-order valence-electron chi connectivity index (χ4n) is 4.69. The molecule has 2 aromatic heterocycles. The second-order valence-electron chi connectivity index (χ2n) is 8.91. The van der Waals surface area contributed by atoms with Crippen molar-refractivity contribution >= 4 is 23.3 Å². The Morgan fingerprint density at radius 2 is 1.94 bits per heavy atom. The Kier molecular flexibility index (Phi) is 6.63. The summed E-state index contributed by atoms with van der Waals surface area (Å²) in [6, 6.07) is 4.12. The molecule has 1 fully saturated rings. The van der Waals surface area contributed by atoms with Gasteiger partial charge in [0, 0.05) is 42.1 Å². The van der Waals surface area contributed by atoms with E-state index in [-0.39, 0.29) is 18.1 Å². The molecule has 3 heterocycles. The van der Waals surface area contributed by atoms with Crippen LogP contribution in [0.4, 0.5) is 0 Å². The number of aldehydes is 1. The van der Waals surface area contributed by atoms with Crippen LogP contribution in [0.2, 0.25) is 0 Å². The number of morpholine rings is 1. The summed E-state index contributed by atoms with van der Waals surface area (Å²) in [7, 11) is 0. The van der Waals surface area contributed by atoms with Crippen molar-refractivity contribution < 1.29 is 19.1 Å². The van der Waals surface area contributed by atoms with E-state index < -0.39 is 0 Å². The van der Waals surface area contributed by atoms with Gasteiger partial charge in [-0.15, -0.1) is 0 Å². The number of hydrogen-bond donors (Lipinski definition) is 0. The summed E-state index contributed by atoms with van der Waals surface area (Å²) in [6.45, 7) is 11.1. The van der Waals surface area contributed by atoms with Crippen LogP contribution >= 0.6 is 0 Å². The summed E-state index contributed by atoms with van der Waals surface area (Å²) in [5, 5.41) is 0. The van der Waals surface area contributed by atoms with Crippen LogP contribution in [0.15, 0.2) is 36.1 Å². The second kappa shape index (κ2) is 9.43. The van der Waals surface area contributed by atoms with E-state index in [1.54, 1.807) is 0 Å². The number of aromatic nitrogens is 1. The summed E-state index contributed by atoms with van der Waals surface area (Å²) in [6.07, 6.45) is 8.67. The van der Waals surface area contributed by atoms with E-state index in [0.717, 1.165) is 65.7 Å². The van der Waals surface area contributed by atoms with Crippen LogP contribution in [0.3, 0.4) is 0 Å². The van der Waals surface area contributed by atoms with E-state index in [4.69, 9.17) is 9.47 Å². The molecule has 0 saturated carbocycles. The molecule has 1 unspecified atom stereocenters. The summed E-state index contributed by atoms with van der Waals surface area (Å²) in [5.41, 5.74) is 6.49. The average molecular weight is 437 g/mol. The molecule has 4 rings (SSSR count). The van der Waals surface area contributed by atoms with Crippen LogP contribution in [0.25, 0.3) is 11.1 Å². The summed E-state index contributed by atoms with van der Waals surface area (Å²) in [4.78, 5) is 26.6. The van der Waals surface area contributed by atoms with Gasteiger partial charge in [-0.05, 0) is 75.5 Å². The molecule has 1 aliphatic heterocycles. The van der Waals surface area contributed by atoms with Crippen molar-refractivity contribution in [2.24, 2.45) is 0 Å². The third-order valence-corrected chi connectivity index (χ3v) is 6.36. The maximum absolute atomic E-state index is 12.9. The van der Waals surface area contributed by atoms with Gasteiger partial charge in [0.05, 0.1) is 24.9 Å². The van der Waals surface area contributed by atoms with Gasteiger partial charge in [-0.2, -0.15) is 0 Å². The molecule has 0 N–H and O–H groups in total. The minimum atomic E-state index is -0.293. The minimum Gasteiger partial charge on any atom is -0.459 e. The monoisotopic (exact) mass is 436 g/mol. The van der Waals surface area contributed by atoms with Gasteiger partial charge in [-0.1, -0.05) is 6.08 Å². The highest BCUT2D eigenvalue weighted by molar-refractivity contribution is 5.93. The molecule has 32 heavy (non-hydrogen) atoms. The molecule has 0 spiro atoms. The van der Waals surface area contributed by atoms with Crippen molar-refractivity contribution in [2.45, 2.75) is 52.7 Å². The first-order valence-electron chi connectivity index (χ1n) is 11.4. The Labute approximate surface area is 189 Å². The smallest absolute Gasteiger partial charge is 0.338 e. The lowest BCUT2D eigenvalue weighted by Gasteiger charge is -2.34. The Bertz CT molecular complexity index is 1090. The van der Waals surface area contributed by atoms with E-state index >= 15 is 0 Å². The molecule has 1 atom stereocenters. The number of fused-ring (bicyclic) bond motifs is 1. The van der Waals surface area contributed by atoms with E-state index in [1.807, 2.05) is 32.9 Å². The van der Waals surface area contributed by atoms with Crippen LogP contribution in [0, 0.1) is 6.92 Å². The van der Waals surface area contributed by atoms with Crippen molar-refractivity contribution in [2.75, 3.05) is 26.3 Å². The van der Waals surface area contributed by atoms with Gasteiger partial charge in [-0.25, -0.2) is 4.79 Å². The van der Waals surface area contributed by atoms with Crippen LogP contribution in [-0.4, -0.2) is 54.0 Å². The van der Waals surface area contributed by atoms with E-state index in [0.29, 0.717) is 18.8 Å². The highest BCUT2D eigenvalue weighted by Crippen LogP contribution is 2.33. The van der Waals surface area contributed by atoms with Crippen molar-refractivity contribution in [3.05, 3.63) is 58.4 Å². The zero-order valence-electron chi connectivity index (χ0n) is 19.4. The summed E-state index contributed by atoms with van der Waals surface area (Å²) >= 11 is 0. The standard InChI is InChI=1S/C26H32N2O4/c1-17(2)32-26(30)24-14-23-13-22(21-7-5-6-20(12-21)16-29)15-28(23)25(18(24)3)19(4)27-8-10-31-11-9-27/h7,12-17,19H,5-6,8-11H2,1-4H3. The average Bonchev–Trinajstić information content (AvgIpc) is 3.22. The molecule has 170 valence electrons. The molecular weight excluding hydrogens is 404 g/mol. The van der Waals surface area contributed by atoms with Gasteiger partial charge in [-0.3, -0.25) is 9.69 Å². The number of rotatable bonds is 6. The number of nitrogens with zero attached hydrogens (tertiary/aromatic N) is 2. The molecule has 6 heteroatoms. The van der Waals surface area contributed by atoms with Crippen LogP contribution in [-0.2, 0) is 14.3 Å². The Hall–Kier alpha value is -2.70. The Morgan fingerprint density at radius 3 is 2.62 bits per heavy atom. The first-order chi connectivity index (χ1) is 15.4. The quantitative estimate of drug-likeness (QED) is 0.493. The maximum Gasteiger partial charge on any atom is 0.338 e. The Morgan fingerprint density at radius 1 is 1.19 bits per heavy atom. The lowest BCUT2D eigenvalue weighted by Crippen LogP contribution is -2.39. The number of pyridine rings is 1. The predicted octanol–water partition coefficient (Wildman–Crippen LogP) is 4.51. The summed E-state index contributed by atoms with van der Waals surface area (Å²) in [5.74, 6) is -0.293. The lowest BCUT2D eigenvalue weighted by molar-refractivity contribution is -0.105. The van der Waals surface area contributed by atoms with E-state index in [1.165, 1.54) is 0 Å². The minimum absolute atomic E-state index is 0.106. The molecule has 0 bridgehead atoms. The normalized spacial score (nSPS) is 18.4. The Balaban J connectivity index is 1.85. The highest BCUT2D eigenvalue weighted by atomic mass is 16.5. The molecule has 2 aliphatic rings. The number of esters is 1. The fraction of sp³-hybridized carbons (Fsp3) is 0.462. The van der Waals surface area contributed by atoms with Crippen LogP contribution in [0.5, 0.6) is 0 Å². The van der Waals surface area contributed by atoms with Crippen molar-refractivity contribution in [3.63, 3.8) is 0 Å². The van der Waals surface area contributed by atoms with E-state index in [2.05, 4.69) is 34.6 Å². The summed E-state index contributed by atoms with van der Waals surface area (Å²) < 4.78 is 13.3. The third kappa shape index (κ3) is 4.43. The molecule has 2 aromatic rings. The lowest BCUT2D eigenvalue weighted by atomic mass is 9.97. The number of carbonyl (C=O) groups excluding carboxylic acids is 2. The predicted molar refractivity (Wildman–Crippen MR) is 125 cm³/mol. The van der Waals surface area contributed by atoms with Crippen molar-refractivity contribution in [1.29, 1.82) is 0 Å². The van der Waals surface area contributed by atoms with Gasteiger partial charge < -0.3 is 13.9 Å². The zero-order chi connectivity index (χ0) is 22.8. The van der Waals surface area contributed by atoms with Gasteiger partial charge in [0.15, 0.2) is 0 Å². The van der Waals surface area contributed by atoms with E-state index in [9.17, 15) is 9.59 Å². The first-order valence-corrected chi connectivity index (χ1v) is 11.4. The topological polar surface area (TPSA) is 60.2 Å². The largest absolute Gasteiger partial charge is 0.459 e. The molecule has 0 aromatic carbocycles. The first kappa shape index (κ1) is 22.5. The third-order valence-electron chi connectivity index (χ3n) is 6.36. The van der Waals surface area contributed by atoms with Crippen molar-refractivity contribution in [3.8, 4) is 0 Å². The van der Waals surface area contributed by atoms with Gasteiger partial charge in [0.2, 0.25) is 0 Å². The van der Waals surface area contributed by atoms with Crippen LogP contribution in [0.1, 0.15) is 66.8 Å². The number of carbonyl (C=O) groups is 2. The van der Waals surface area contributed by atoms with Crippen LogP contribution < -0.4 is 0 Å². The molecule has 0 radical (unpaired) electrons. The van der Waals surface area contributed by atoms with Gasteiger partial charge in [0.1, 0.15) is 6.29 Å². The number of hydrogen-bond acceptors (Lipinski definition) is 5. The molecule has 0 amide bonds. The number of allylic oxidation sites excluding steroid dienone is 4. The maximum atomic E-state index is 12.9. The molecule has 6 nitrogen and oxygen atoms in total. The second-order valence-corrected chi connectivity index (χ2v) is 8.91. The SMILES string of the molecule is Cc1c(C(=O)OC(C)C)cc2cc(C3=CCCC(C=O)=C3)cn2c1C(C)N1CCOCC1. The molecule has 1 saturated heterocycles. The fourth-order valence-corrected chi connectivity index (χ4v) is 4.69. The highest BCUT2D eigenvalue weighted by Gasteiger charge is 2.26. The van der Waals surface area contributed by atoms with Gasteiger partial charge in [0.25, 0.3) is 0 Å².